The molecule has 0 saturated carbocycles. The molecule has 0 spiro atoms. The number of methoxy groups -OCH3 is 1. The van der Waals surface area contributed by atoms with Gasteiger partial charge in [0.1, 0.15) is 5.75 Å². The van der Waals surface area contributed by atoms with Crippen molar-refractivity contribution in [1.29, 1.82) is 0 Å². The largest absolute Gasteiger partial charge is 0.496 e. The summed E-state index contributed by atoms with van der Waals surface area (Å²) in [4.78, 5) is 0.282. The topological polar surface area (TPSA) is 73.2 Å². The number of benzene rings is 1. The van der Waals surface area contributed by atoms with Crippen molar-refractivity contribution >= 4 is 10.0 Å². The zero-order valence-corrected chi connectivity index (χ0v) is 15.0. The van der Waals surface area contributed by atoms with Crippen molar-refractivity contribution in [3.8, 4) is 5.75 Å². The van der Waals surface area contributed by atoms with Crippen LogP contribution in [0.3, 0.4) is 0 Å². The third-order valence-electron chi connectivity index (χ3n) is 3.70. The average molecular weight is 337 g/mol. The quantitative estimate of drug-likeness (QED) is 0.876. The molecule has 23 heavy (non-hydrogen) atoms. The van der Waals surface area contributed by atoms with Gasteiger partial charge in [0, 0.05) is 12.2 Å². The van der Waals surface area contributed by atoms with Gasteiger partial charge < -0.3 is 4.74 Å². The van der Waals surface area contributed by atoms with Gasteiger partial charge in [-0.1, -0.05) is 0 Å². The number of sulfonamides is 1. The van der Waals surface area contributed by atoms with E-state index in [1.807, 2.05) is 26.8 Å². The Morgan fingerprint density at radius 1 is 1.13 bits per heavy atom. The van der Waals surface area contributed by atoms with E-state index < -0.39 is 10.0 Å². The van der Waals surface area contributed by atoms with Crippen LogP contribution in [0.4, 0.5) is 0 Å². The Bertz CT molecular complexity index is 810. The van der Waals surface area contributed by atoms with Crippen LogP contribution in [-0.2, 0) is 16.6 Å². The maximum Gasteiger partial charge on any atom is 0.240 e. The molecule has 0 bridgehead atoms. The van der Waals surface area contributed by atoms with Crippen molar-refractivity contribution in [2.45, 2.75) is 39.1 Å². The molecular weight excluding hydrogens is 314 g/mol. The SMILES string of the molecule is COc1cc(C)c(S(=O)(=O)NCCn2nc(C)cc2C)cc1C. The van der Waals surface area contributed by atoms with E-state index in [1.54, 1.807) is 30.8 Å². The Hall–Kier alpha value is -1.86. The Kier molecular flexibility index (Phi) is 5.11. The second-order valence-corrected chi connectivity index (χ2v) is 7.37. The Labute approximate surface area is 137 Å². The van der Waals surface area contributed by atoms with Crippen LogP contribution < -0.4 is 9.46 Å². The van der Waals surface area contributed by atoms with Gasteiger partial charge in [-0.15, -0.1) is 0 Å². The first kappa shape index (κ1) is 17.5. The molecular formula is C16H23N3O3S. The fourth-order valence-corrected chi connectivity index (χ4v) is 3.87. The van der Waals surface area contributed by atoms with Gasteiger partial charge in [-0.25, -0.2) is 13.1 Å². The van der Waals surface area contributed by atoms with E-state index in [1.165, 1.54) is 0 Å². The second-order valence-electron chi connectivity index (χ2n) is 5.64. The molecule has 2 aromatic rings. The summed E-state index contributed by atoms with van der Waals surface area (Å²) in [5.74, 6) is 0.684. The van der Waals surface area contributed by atoms with Crippen LogP contribution in [0.5, 0.6) is 5.75 Å². The molecule has 2 rings (SSSR count). The number of nitrogens with one attached hydrogen (secondary N) is 1. The standard InChI is InChI=1S/C16H23N3O3S/c1-11-9-16(12(2)8-15(11)22-5)23(20,21)17-6-7-19-14(4)10-13(3)18-19/h8-10,17H,6-7H2,1-5H3. The Morgan fingerprint density at radius 2 is 1.83 bits per heavy atom. The molecule has 1 aromatic heterocycles. The van der Waals surface area contributed by atoms with Crippen molar-refractivity contribution in [1.82, 2.24) is 14.5 Å². The van der Waals surface area contributed by atoms with E-state index in [0.717, 1.165) is 17.0 Å². The lowest BCUT2D eigenvalue weighted by Crippen LogP contribution is -2.28. The highest BCUT2D eigenvalue weighted by Crippen LogP contribution is 2.25. The van der Waals surface area contributed by atoms with Gasteiger partial charge in [-0.3, -0.25) is 4.68 Å². The van der Waals surface area contributed by atoms with Crippen LogP contribution in [0, 0.1) is 27.7 Å². The molecule has 6 nitrogen and oxygen atoms in total. The zero-order valence-electron chi connectivity index (χ0n) is 14.2. The van der Waals surface area contributed by atoms with Crippen LogP contribution in [0.25, 0.3) is 0 Å². The summed E-state index contributed by atoms with van der Waals surface area (Å²) in [7, 11) is -1.99. The molecule has 0 atom stereocenters. The van der Waals surface area contributed by atoms with Gasteiger partial charge >= 0.3 is 0 Å². The minimum Gasteiger partial charge on any atom is -0.496 e. The van der Waals surface area contributed by atoms with Gasteiger partial charge in [0.25, 0.3) is 0 Å². The number of rotatable bonds is 6. The lowest BCUT2D eigenvalue weighted by Gasteiger charge is -2.13. The summed E-state index contributed by atoms with van der Waals surface area (Å²) in [6, 6.07) is 5.34. The van der Waals surface area contributed by atoms with E-state index in [-0.39, 0.29) is 11.4 Å². The molecule has 126 valence electrons. The van der Waals surface area contributed by atoms with Crippen molar-refractivity contribution in [3.05, 3.63) is 40.7 Å². The maximum absolute atomic E-state index is 12.5. The Morgan fingerprint density at radius 3 is 2.39 bits per heavy atom. The van der Waals surface area contributed by atoms with Crippen molar-refractivity contribution < 1.29 is 13.2 Å². The fraction of sp³-hybridized carbons (Fsp3) is 0.438. The van der Waals surface area contributed by atoms with E-state index in [0.29, 0.717) is 17.9 Å². The van der Waals surface area contributed by atoms with E-state index in [9.17, 15) is 8.42 Å². The van der Waals surface area contributed by atoms with Gasteiger partial charge in [-0.2, -0.15) is 5.10 Å². The molecule has 0 aliphatic heterocycles. The predicted molar refractivity (Wildman–Crippen MR) is 89.4 cm³/mol. The van der Waals surface area contributed by atoms with E-state index in [4.69, 9.17) is 4.74 Å². The highest BCUT2D eigenvalue weighted by molar-refractivity contribution is 7.89. The number of nitrogens with zero attached hydrogens (tertiary/aromatic N) is 2. The van der Waals surface area contributed by atoms with Crippen molar-refractivity contribution in [3.63, 3.8) is 0 Å². The molecule has 1 heterocycles. The zero-order chi connectivity index (χ0) is 17.2. The van der Waals surface area contributed by atoms with E-state index in [2.05, 4.69) is 9.82 Å². The molecule has 1 aromatic carbocycles. The molecule has 0 radical (unpaired) electrons. The molecule has 0 aliphatic rings. The fourth-order valence-electron chi connectivity index (χ4n) is 2.54. The van der Waals surface area contributed by atoms with Crippen LogP contribution in [-0.4, -0.2) is 31.9 Å². The van der Waals surface area contributed by atoms with Crippen molar-refractivity contribution in [2.75, 3.05) is 13.7 Å². The van der Waals surface area contributed by atoms with E-state index >= 15 is 0 Å². The minimum absolute atomic E-state index is 0.282. The molecule has 0 amide bonds. The monoisotopic (exact) mass is 337 g/mol. The number of ether oxygens (including phenoxy) is 1. The normalized spacial score (nSPS) is 11.7. The predicted octanol–water partition coefficient (Wildman–Crippen LogP) is 2.10. The summed E-state index contributed by atoms with van der Waals surface area (Å²) >= 11 is 0. The second kappa shape index (κ2) is 6.72. The Balaban J connectivity index is 2.13. The first-order valence-corrected chi connectivity index (χ1v) is 8.89. The molecule has 1 N–H and O–H groups in total. The smallest absolute Gasteiger partial charge is 0.240 e. The minimum atomic E-state index is -3.56. The molecule has 7 heteroatoms. The summed E-state index contributed by atoms with van der Waals surface area (Å²) in [5, 5.41) is 4.32. The van der Waals surface area contributed by atoms with Crippen LogP contribution in [0.15, 0.2) is 23.1 Å². The third kappa shape index (κ3) is 3.92. The first-order chi connectivity index (χ1) is 10.7. The number of hydrogen-bond donors (Lipinski definition) is 1. The van der Waals surface area contributed by atoms with Crippen LogP contribution in [0.2, 0.25) is 0 Å². The van der Waals surface area contributed by atoms with Crippen molar-refractivity contribution in [2.24, 2.45) is 0 Å². The summed E-state index contributed by atoms with van der Waals surface area (Å²) in [5.41, 5.74) is 3.38. The molecule has 0 aliphatic carbocycles. The van der Waals surface area contributed by atoms with Gasteiger partial charge in [0.15, 0.2) is 0 Å². The number of hydrogen-bond acceptors (Lipinski definition) is 4. The van der Waals surface area contributed by atoms with Gasteiger partial charge in [-0.05, 0) is 57.0 Å². The first-order valence-electron chi connectivity index (χ1n) is 7.40. The summed E-state index contributed by atoms with van der Waals surface area (Å²) < 4.78 is 34.7. The number of aryl methyl sites for hydroxylation is 4. The van der Waals surface area contributed by atoms with Gasteiger partial charge in [0.05, 0.1) is 24.2 Å². The molecule has 0 saturated heterocycles. The summed E-state index contributed by atoms with van der Waals surface area (Å²) in [6.07, 6.45) is 0. The lowest BCUT2D eigenvalue weighted by atomic mass is 10.1. The lowest BCUT2D eigenvalue weighted by molar-refractivity contribution is 0.411. The van der Waals surface area contributed by atoms with Crippen LogP contribution >= 0.6 is 0 Å². The third-order valence-corrected chi connectivity index (χ3v) is 5.30. The highest BCUT2D eigenvalue weighted by Gasteiger charge is 2.18. The highest BCUT2D eigenvalue weighted by atomic mass is 32.2. The number of aromatic nitrogens is 2. The van der Waals surface area contributed by atoms with Gasteiger partial charge in [0.2, 0.25) is 10.0 Å². The average Bonchev–Trinajstić information content (AvgIpc) is 2.78. The maximum atomic E-state index is 12.5. The van der Waals surface area contributed by atoms with Crippen LogP contribution in [0.1, 0.15) is 22.5 Å². The summed E-state index contributed by atoms with van der Waals surface area (Å²) in [6.45, 7) is 8.23. The molecule has 0 unspecified atom stereocenters. The molecule has 0 fully saturated rings.